The summed E-state index contributed by atoms with van der Waals surface area (Å²) in [4.78, 5) is 10.9. The van der Waals surface area contributed by atoms with Crippen molar-refractivity contribution in [3.8, 4) is 0 Å². The molecule has 4 nitrogen and oxygen atoms in total. The molecule has 0 bridgehead atoms. The Bertz CT molecular complexity index is 105. The Morgan fingerprint density at radius 3 is 2.50 bits per heavy atom. The molecule has 0 aliphatic rings. The average Bonchev–Trinajstić information content (AvgIpc) is 1.99. The van der Waals surface area contributed by atoms with Gasteiger partial charge in [-0.3, -0.25) is 4.79 Å². The molecule has 1 amide bonds. The second kappa shape index (κ2) is 5.20. The van der Waals surface area contributed by atoms with E-state index >= 15 is 0 Å². The molecule has 0 saturated carbocycles. The van der Waals surface area contributed by atoms with Crippen molar-refractivity contribution in [2.75, 3.05) is 20.6 Å². The van der Waals surface area contributed by atoms with Gasteiger partial charge in [0.15, 0.2) is 0 Å². The fraction of sp³-hybridized carbons (Fsp3) is 0.833. The number of carbonyl (C=O) groups excluding carboxylic acids is 1. The standard InChI is InChI=1S/C6H15N3O/c1-8-5(3-4-7)6(10)9-2/h5,8H,3-4,7H2,1-2H3,(H,9,10)/t5-/m0/s1. The molecule has 0 aromatic carbocycles. The summed E-state index contributed by atoms with van der Waals surface area (Å²) in [5.41, 5.74) is 5.28. The SMILES string of the molecule is CNC(=O)[C@H](CCN)NC. The van der Waals surface area contributed by atoms with E-state index in [2.05, 4.69) is 10.6 Å². The lowest BCUT2D eigenvalue weighted by molar-refractivity contribution is -0.122. The van der Waals surface area contributed by atoms with Gasteiger partial charge in [-0.2, -0.15) is 0 Å². The Hall–Kier alpha value is -0.610. The number of hydrogen-bond acceptors (Lipinski definition) is 3. The molecule has 10 heavy (non-hydrogen) atoms. The fourth-order valence-corrected chi connectivity index (χ4v) is 0.747. The molecule has 0 saturated heterocycles. The van der Waals surface area contributed by atoms with Crippen molar-refractivity contribution in [2.24, 2.45) is 5.73 Å². The number of likely N-dealkylation sites (N-methyl/N-ethyl adjacent to an activating group) is 2. The smallest absolute Gasteiger partial charge is 0.236 e. The van der Waals surface area contributed by atoms with E-state index in [9.17, 15) is 4.79 Å². The summed E-state index contributed by atoms with van der Waals surface area (Å²) >= 11 is 0. The molecule has 0 radical (unpaired) electrons. The van der Waals surface area contributed by atoms with Gasteiger partial charge in [0.1, 0.15) is 0 Å². The molecule has 0 aliphatic heterocycles. The third kappa shape index (κ3) is 2.80. The highest BCUT2D eigenvalue weighted by molar-refractivity contribution is 5.81. The molecule has 0 aliphatic carbocycles. The Morgan fingerprint density at radius 2 is 2.20 bits per heavy atom. The van der Waals surface area contributed by atoms with E-state index in [1.54, 1.807) is 14.1 Å². The quantitative estimate of drug-likeness (QED) is 0.459. The lowest BCUT2D eigenvalue weighted by Gasteiger charge is -2.12. The van der Waals surface area contributed by atoms with Crippen molar-refractivity contribution in [1.82, 2.24) is 10.6 Å². The van der Waals surface area contributed by atoms with Gasteiger partial charge in [0.25, 0.3) is 0 Å². The van der Waals surface area contributed by atoms with Crippen molar-refractivity contribution in [3.05, 3.63) is 0 Å². The van der Waals surface area contributed by atoms with Crippen LogP contribution < -0.4 is 16.4 Å². The maximum absolute atomic E-state index is 10.9. The molecule has 4 N–H and O–H groups in total. The van der Waals surface area contributed by atoms with Crippen LogP contribution in [0.15, 0.2) is 0 Å². The third-order valence-electron chi connectivity index (χ3n) is 1.37. The van der Waals surface area contributed by atoms with Crippen LogP contribution in [0.25, 0.3) is 0 Å². The van der Waals surface area contributed by atoms with Crippen molar-refractivity contribution in [2.45, 2.75) is 12.5 Å². The van der Waals surface area contributed by atoms with Crippen LogP contribution in [0.3, 0.4) is 0 Å². The Kier molecular flexibility index (Phi) is 4.88. The van der Waals surface area contributed by atoms with Crippen molar-refractivity contribution in [1.29, 1.82) is 0 Å². The minimum atomic E-state index is -0.144. The zero-order valence-corrected chi connectivity index (χ0v) is 6.48. The van der Waals surface area contributed by atoms with Gasteiger partial charge in [-0.1, -0.05) is 0 Å². The first-order valence-corrected chi connectivity index (χ1v) is 3.35. The van der Waals surface area contributed by atoms with Gasteiger partial charge in [-0.05, 0) is 20.0 Å². The predicted molar refractivity (Wildman–Crippen MR) is 40.6 cm³/mol. The van der Waals surface area contributed by atoms with E-state index in [0.717, 1.165) is 0 Å². The van der Waals surface area contributed by atoms with Crippen LogP contribution in [0.1, 0.15) is 6.42 Å². The lowest BCUT2D eigenvalue weighted by Crippen LogP contribution is -2.42. The van der Waals surface area contributed by atoms with Crippen molar-refractivity contribution in [3.63, 3.8) is 0 Å². The molecule has 0 spiro atoms. The summed E-state index contributed by atoms with van der Waals surface area (Å²) in [5.74, 6) is -0.00653. The van der Waals surface area contributed by atoms with Gasteiger partial charge >= 0.3 is 0 Å². The molecule has 1 atom stereocenters. The maximum Gasteiger partial charge on any atom is 0.236 e. The number of hydrogen-bond donors (Lipinski definition) is 3. The Balaban J connectivity index is 3.68. The number of nitrogens with one attached hydrogen (secondary N) is 2. The predicted octanol–water partition coefficient (Wildman–Crippen LogP) is -1.33. The van der Waals surface area contributed by atoms with Crippen LogP contribution in [-0.2, 0) is 4.79 Å². The van der Waals surface area contributed by atoms with Gasteiger partial charge < -0.3 is 16.4 Å². The van der Waals surface area contributed by atoms with E-state index in [1.807, 2.05) is 0 Å². The largest absolute Gasteiger partial charge is 0.358 e. The number of carbonyl (C=O) groups is 1. The molecule has 0 fully saturated rings. The topological polar surface area (TPSA) is 67.2 Å². The van der Waals surface area contributed by atoms with Crippen LogP contribution in [-0.4, -0.2) is 32.6 Å². The molecule has 0 aromatic heterocycles. The van der Waals surface area contributed by atoms with Gasteiger partial charge in [-0.15, -0.1) is 0 Å². The number of nitrogens with two attached hydrogens (primary N) is 1. The van der Waals surface area contributed by atoms with E-state index in [0.29, 0.717) is 13.0 Å². The summed E-state index contributed by atoms with van der Waals surface area (Å²) in [6, 6.07) is -0.144. The minimum Gasteiger partial charge on any atom is -0.358 e. The third-order valence-corrected chi connectivity index (χ3v) is 1.37. The molecular formula is C6H15N3O. The second-order valence-electron chi connectivity index (χ2n) is 2.03. The Morgan fingerprint density at radius 1 is 1.60 bits per heavy atom. The van der Waals surface area contributed by atoms with Crippen molar-refractivity contribution < 1.29 is 4.79 Å². The Labute approximate surface area is 61.2 Å². The second-order valence-corrected chi connectivity index (χ2v) is 2.03. The van der Waals surface area contributed by atoms with E-state index in [4.69, 9.17) is 5.73 Å². The summed E-state index contributed by atoms with van der Waals surface area (Å²) in [5, 5.41) is 5.41. The molecule has 0 heterocycles. The summed E-state index contributed by atoms with van der Waals surface area (Å²) in [6.45, 7) is 0.527. The normalized spacial score (nSPS) is 12.7. The van der Waals surface area contributed by atoms with Crippen LogP contribution >= 0.6 is 0 Å². The molecule has 4 heteroatoms. The van der Waals surface area contributed by atoms with Crippen LogP contribution in [0.5, 0.6) is 0 Å². The number of rotatable bonds is 4. The van der Waals surface area contributed by atoms with Crippen LogP contribution in [0.2, 0.25) is 0 Å². The monoisotopic (exact) mass is 145 g/mol. The molecular weight excluding hydrogens is 130 g/mol. The zero-order valence-electron chi connectivity index (χ0n) is 6.48. The maximum atomic E-state index is 10.9. The van der Waals surface area contributed by atoms with E-state index in [1.165, 1.54) is 0 Å². The first-order valence-electron chi connectivity index (χ1n) is 3.35. The van der Waals surface area contributed by atoms with Gasteiger partial charge in [-0.25, -0.2) is 0 Å². The van der Waals surface area contributed by atoms with Gasteiger partial charge in [0.2, 0.25) is 5.91 Å². The summed E-state index contributed by atoms with van der Waals surface area (Å²) < 4.78 is 0. The first kappa shape index (κ1) is 9.39. The molecule has 0 rings (SSSR count). The van der Waals surface area contributed by atoms with Crippen molar-refractivity contribution >= 4 is 5.91 Å². The lowest BCUT2D eigenvalue weighted by atomic mass is 10.2. The molecule has 0 aromatic rings. The summed E-state index contributed by atoms with van der Waals surface area (Å²) in [6.07, 6.45) is 0.677. The van der Waals surface area contributed by atoms with E-state index in [-0.39, 0.29) is 11.9 Å². The van der Waals surface area contributed by atoms with Gasteiger partial charge in [0.05, 0.1) is 6.04 Å². The molecule has 0 unspecified atom stereocenters. The summed E-state index contributed by atoms with van der Waals surface area (Å²) in [7, 11) is 3.36. The van der Waals surface area contributed by atoms with Gasteiger partial charge in [0, 0.05) is 7.05 Å². The highest BCUT2D eigenvalue weighted by Crippen LogP contribution is 1.87. The number of amides is 1. The highest BCUT2D eigenvalue weighted by atomic mass is 16.2. The molecule has 60 valence electrons. The van der Waals surface area contributed by atoms with Crippen LogP contribution in [0.4, 0.5) is 0 Å². The minimum absolute atomic E-state index is 0.00653. The fourth-order valence-electron chi connectivity index (χ4n) is 0.747. The van der Waals surface area contributed by atoms with Crippen LogP contribution in [0, 0.1) is 0 Å². The van der Waals surface area contributed by atoms with E-state index < -0.39 is 0 Å². The first-order chi connectivity index (χ1) is 4.76. The highest BCUT2D eigenvalue weighted by Gasteiger charge is 2.11. The average molecular weight is 145 g/mol. The zero-order chi connectivity index (χ0) is 7.98.